The van der Waals surface area contributed by atoms with E-state index in [9.17, 15) is 4.79 Å². The molecular formula is C16H24N2OS. The van der Waals surface area contributed by atoms with E-state index >= 15 is 0 Å². The highest BCUT2D eigenvalue weighted by molar-refractivity contribution is 7.98. The lowest BCUT2D eigenvalue weighted by atomic mass is 9.98. The number of hydrogen-bond acceptors (Lipinski definition) is 3. The fourth-order valence-electron chi connectivity index (χ4n) is 2.95. The molecule has 1 N–H and O–H groups in total. The van der Waals surface area contributed by atoms with Gasteiger partial charge in [0.05, 0.1) is 6.54 Å². The van der Waals surface area contributed by atoms with Gasteiger partial charge in [-0.15, -0.1) is 11.8 Å². The quantitative estimate of drug-likeness (QED) is 0.845. The van der Waals surface area contributed by atoms with Gasteiger partial charge >= 0.3 is 0 Å². The Labute approximate surface area is 126 Å². The van der Waals surface area contributed by atoms with Crippen LogP contribution in [0.1, 0.15) is 38.9 Å². The van der Waals surface area contributed by atoms with Crippen LogP contribution in [0.25, 0.3) is 0 Å². The van der Waals surface area contributed by atoms with E-state index in [0.29, 0.717) is 18.5 Å². The number of carbonyl (C=O) groups is 1. The zero-order chi connectivity index (χ0) is 14.7. The van der Waals surface area contributed by atoms with Crippen LogP contribution in [0.4, 0.5) is 0 Å². The molecule has 1 amide bonds. The predicted octanol–water partition coefficient (Wildman–Crippen LogP) is 3.27. The number of benzene rings is 1. The Morgan fingerprint density at radius 1 is 1.35 bits per heavy atom. The summed E-state index contributed by atoms with van der Waals surface area (Å²) < 4.78 is 0. The van der Waals surface area contributed by atoms with E-state index in [2.05, 4.69) is 56.6 Å². The third-order valence-corrected chi connectivity index (χ3v) is 4.73. The third-order valence-electron chi connectivity index (χ3n) is 3.99. The lowest BCUT2D eigenvalue weighted by molar-refractivity contribution is -0.131. The summed E-state index contributed by atoms with van der Waals surface area (Å²) in [5, 5.41) is 3.35. The number of hydrogen-bond donors (Lipinski definition) is 1. The van der Waals surface area contributed by atoms with Crippen LogP contribution in [0.5, 0.6) is 0 Å². The molecule has 0 radical (unpaired) electrons. The number of nitrogens with zero attached hydrogens (tertiary/aromatic N) is 1. The maximum Gasteiger partial charge on any atom is 0.238 e. The van der Waals surface area contributed by atoms with E-state index in [4.69, 9.17) is 0 Å². The molecule has 1 fully saturated rings. The lowest BCUT2D eigenvalue weighted by Gasteiger charge is -2.35. The molecule has 2 unspecified atom stereocenters. The Bertz CT molecular complexity index is 458. The Morgan fingerprint density at radius 2 is 2.00 bits per heavy atom. The van der Waals surface area contributed by atoms with Crippen molar-refractivity contribution in [3.63, 3.8) is 0 Å². The van der Waals surface area contributed by atoms with Gasteiger partial charge in [0.1, 0.15) is 6.17 Å². The van der Waals surface area contributed by atoms with Gasteiger partial charge in [-0.2, -0.15) is 0 Å². The Hall–Kier alpha value is -1.00. The molecule has 1 heterocycles. The fourth-order valence-corrected chi connectivity index (χ4v) is 3.36. The Balaban J connectivity index is 2.26. The van der Waals surface area contributed by atoms with Gasteiger partial charge in [0, 0.05) is 10.9 Å². The number of nitrogens with one attached hydrogen (secondary N) is 1. The molecular weight excluding hydrogens is 268 g/mol. The summed E-state index contributed by atoms with van der Waals surface area (Å²) in [5.41, 5.74) is 1.17. The molecule has 0 bridgehead atoms. The maximum atomic E-state index is 12.2. The molecule has 2 rings (SSSR count). The van der Waals surface area contributed by atoms with Gasteiger partial charge in [-0.1, -0.05) is 32.9 Å². The van der Waals surface area contributed by atoms with E-state index in [1.165, 1.54) is 10.5 Å². The van der Waals surface area contributed by atoms with E-state index < -0.39 is 0 Å². The van der Waals surface area contributed by atoms with Crippen molar-refractivity contribution in [1.29, 1.82) is 0 Å². The van der Waals surface area contributed by atoms with Crippen LogP contribution in [0.3, 0.4) is 0 Å². The number of carbonyl (C=O) groups excluding carboxylic acids is 1. The third kappa shape index (κ3) is 3.01. The minimum atomic E-state index is 0.0192. The highest BCUT2D eigenvalue weighted by atomic mass is 32.2. The zero-order valence-electron chi connectivity index (χ0n) is 12.7. The molecule has 0 spiro atoms. The van der Waals surface area contributed by atoms with Gasteiger partial charge in [0.2, 0.25) is 5.91 Å². The molecule has 0 aliphatic carbocycles. The molecule has 1 aliphatic rings. The van der Waals surface area contributed by atoms with Gasteiger partial charge in [-0.3, -0.25) is 10.1 Å². The molecule has 2 atom stereocenters. The van der Waals surface area contributed by atoms with Crippen LogP contribution >= 0.6 is 11.8 Å². The number of rotatable bonds is 5. The second-order valence-corrected chi connectivity index (χ2v) is 6.46. The topological polar surface area (TPSA) is 32.3 Å². The zero-order valence-corrected chi connectivity index (χ0v) is 13.5. The van der Waals surface area contributed by atoms with Crippen molar-refractivity contribution in [2.24, 2.45) is 5.92 Å². The molecule has 1 saturated heterocycles. The van der Waals surface area contributed by atoms with Crippen molar-refractivity contribution >= 4 is 17.7 Å². The summed E-state index contributed by atoms with van der Waals surface area (Å²) in [4.78, 5) is 15.5. The SMILES string of the molecule is CCC(C(C)C)N1C(=O)CNC1c1ccc(SC)cc1. The Kier molecular flexibility index (Phi) is 5.11. The van der Waals surface area contributed by atoms with Crippen LogP contribution in [-0.2, 0) is 4.79 Å². The minimum absolute atomic E-state index is 0.0192. The molecule has 0 saturated carbocycles. The van der Waals surface area contributed by atoms with E-state index in [0.717, 1.165) is 6.42 Å². The molecule has 1 aromatic carbocycles. The molecule has 3 nitrogen and oxygen atoms in total. The summed E-state index contributed by atoms with van der Waals surface area (Å²) in [7, 11) is 0. The van der Waals surface area contributed by atoms with Gasteiger partial charge in [-0.05, 0) is 36.3 Å². The fraction of sp³-hybridized carbons (Fsp3) is 0.562. The van der Waals surface area contributed by atoms with Crippen LogP contribution in [0, 0.1) is 5.92 Å². The molecule has 1 aliphatic heterocycles. The molecule has 0 aromatic heterocycles. The van der Waals surface area contributed by atoms with Gasteiger partial charge in [0.15, 0.2) is 0 Å². The first kappa shape index (κ1) is 15.4. The first-order valence-corrected chi connectivity index (χ1v) is 8.49. The maximum absolute atomic E-state index is 12.2. The van der Waals surface area contributed by atoms with Gasteiger partial charge in [-0.25, -0.2) is 0 Å². The lowest BCUT2D eigenvalue weighted by Crippen LogP contribution is -2.42. The average Bonchev–Trinajstić information content (AvgIpc) is 2.82. The minimum Gasteiger partial charge on any atom is -0.319 e. The van der Waals surface area contributed by atoms with Crippen LogP contribution in [0.15, 0.2) is 29.2 Å². The molecule has 1 aromatic rings. The molecule has 20 heavy (non-hydrogen) atoms. The van der Waals surface area contributed by atoms with Crippen molar-refractivity contribution in [2.45, 2.75) is 44.3 Å². The first-order valence-electron chi connectivity index (χ1n) is 7.27. The summed E-state index contributed by atoms with van der Waals surface area (Å²) in [5.74, 6) is 0.682. The van der Waals surface area contributed by atoms with Crippen LogP contribution in [-0.4, -0.2) is 29.6 Å². The second kappa shape index (κ2) is 6.64. The summed E-state index contributed by atoms with van der Waals surface area (Å²) >= 11 is 1.74. The summed E-state index contributed by atoms with van der Waals surface area (Å²) in [6.07, 6.45) is 3.08. The predicted molar refractivity (Wildman–Crippen MR) is 84.7 cm³/mol. The van der Waals surface area contributed by atoms with Crippen molar-refractivity contribution in [3.8, 4) is 0 Å². The van der Waals surface area contributed by atoms with Crippen molar-refractivity contribution in [3.05, 3.63) is 29.8 Å². The average molecular weight is 292 g/mol. The molecule has 4 heteroatoms. The van der Waals surface area contributed by atoms with Gasteiger partial charge < -0.3 is 4.90 Å². The van der Waals surface area contributed by atoms with Crippen molar-refractivity contribution < 1.29 is 4.79 Å². The standard InChI is InChI=1S/C16H24N2OS/c1-5-14(11(2)3)18-15(19)10-17-16(18)12-6-8-13(20-4)9-7-12/h6-9,11,14,16-17H,5,10H2,1-4H3. The van der Waals surface area contributed by atoms with Crippen LogP contribution in [0.2, 0.25) is 0 Å². The summed E-state index contributed by atoms with van der Waals surface area (Å²) in [6, 6.07) is 8.80. The monoisotopic (exact) mass is 292 g/mol. The second-order valence-electron chi connectivity index (χ2n) is 5.58. The first-order chi connectivity index (χ1) is 9.58. The summed E-state index contributed by atoms with van der Waals surface area (Å²) in [6.45, 7) is 6.98. The highest BCUT2D eigenvalue weighted by Crippen LogP contribution is 2.30. The smallest absolute Gasteiger partial charge is 0.238 e. The largest absolute Gasteiger partial charge is 0.319 e. The van der Waals surface area contributed by atoms with Gasteiger partial charge in [0.25, 0.3) is 0 Å². The van der Waals surface area contributed by atoms with Crippen molar-refractivity contribution in [1.82, 2.24) is 10.2 Å². The Morgan fingerprint density at radius 3 is 2.50 bits per heavy atom. The number of amides is 1. The van der Waals surface area contributed by atoms with E-state index in [-0.39, 0.29) is 12.1 Å². The number of thioether (sulfide) groups is 1. The van der Waals surface area contributed by atoms with E-state index in [1.54, 1.807) is 11.8 Å². The van der Waals surface area contributed by atoms with Crippen LogP contribution < -0.4 is 5.32 Å². The van der Waals surface area contributed by atoms with Crippen molar-refractivity contribution in [2.75, 3.05) is 12.8 Å². The normalized spacial score (nSPS) is 20.8. The highest BCUT2D eigenvalue weighted by Gasteiger charge is 2.37. The van der Waals surface area contributed by atoms with E-state index in [1.807, 2.05) is 4.90 Å². The molecule has 110 valence electrons.